The van der Waals surface area contributed by atoms with Crippen LogP contribution >= 0.6 is 11.3 Å². The average Bonchev–Trinajstić information content (AvgIpc) is 3.60. The third-order valence-electron chi connectivity index (χ3n) is 7.35. The van der Waals surface area contributed by atoms with Crippen LogP contribution in [0.2, 0.25) is 0 Å². The maximum Gasteiger partial charge on any atom is 0.297 e. The molecule has 3 heterocycles. The van der Waals surface area contributed by atoms with E-state index in [-0.39, 0.29) is 34.6 Å². The molecule has 3 aromatic carbocycles. The second kappa shape index (κ2) is 10.8. The lowest BCUT2D eigenvalue weighted by Gasteiger charge is -2.20. The number of fused-ring (bicyclic) bond motifs is 1. The van der Waals surface area contributed by atoms with Crippen molar-refractivity contribution in [3.63, 3.8) is 0 Å². The highest BCUT2D eigenvalue weighted by atomic mass is 32.1. The molecule has 0 saturated carbocycles. The quantitative estimate of drug-likeness (QED) is 0.199. The van der Waals surface area contributed by atoms with Crippen LogP contribution in [0.3, 0.4) is 0 Å². The van der Waals surface area contributed by atoms with Gasteiger partial charge in [-0.1, -0.05) is 36.4 Å². The summed E-state index contributed by atoms with van der Waals surface area (Å²) in [4.78, 5) is 45.0. The molecule has 0 atom stereocenters. The van der Waals surface area contributed by atoms with Gasteiger partial charge in [0.15, 0.2) is 11.4 Å². The molecular formula is C31H27N7O4S. The standard InChI is InChI=1S/C31H27N7O4S/c1-19(2)35-25-13-9-8-12-24(25)28(29(35)39)33-36-26(21-14-16-23(17-15-21)38(41)42)18-43-31(36)32-27-20(3)34(4)37(30(27)40)22-10-6-5-7-11-22/h5-19H,1-4H3. The number of benzene rings is 3. The van der Waals surface area contributed by atoms with Crippen LogP contribution in [0.4, 0.5) is 17.1 Å². The molecule has 0 saturated heterocycles. The zero-order valence-electron chi connectivity index (χ0n) is 23.8. The van der Waals surface area contributed by atoms with Gasteiger partial charge in [-0.15, -0.1) is 11.3 Å². The third-order valence-corrected chi connectivity index (χ3v) is 8.16. The van der Waals surface area contributed by atoms with E-state index in [1.807, 2.05) is 80.7 Å². The van der Waals surface area contributed by atoms with Crippen molar-refractivity contribution in [3.8, 4) is 16.9 Å². The van der Waals surface area contributed by atoms with Crippen LogP contribution in [0.1, 0.15) is 25.1 Å². The van der Waals surface area contributed by atoms with Crippen molar-refractivity contribution >= 4 is 40.0 Å². The lowest BCUT2D eigenvalue weighted by molar-refractivity contribution is -0.384. The predicted molar refractivity (Wildman–Crippen MR) is 166 cm³/mol. The summed E-state index contributed by atoms with van der Waals surface area (Å²) in [5.74, 6) is -0.252. The molecule has 12 heteroatoms. The predicted octanol–water partition coefficient (Wildman–Crippen LogP) is 5.16. The van der Waals surface area contributed by atoms with Gasteiger partial charge in [0.25, 0.3) is 17.2 Å². The minimum atomic E-state index is -0.461. The number of para-hydroxylation sites is 2. The number of nitro groups is 1. The summed E-state index contributed by atoms with van der Waals surface area (Å²) in [6, 6.07) is 22.7. The summed E-state index contributed by atoms with van der Waals surface area (Å²) in [5, 5.41) is 17.9. The molecule has 0 bridgehead atoms. The van der Waals surface area contributed by atoms with Crippen molar-refractivity contribution in [3.05, 3.63) is 121 Å². The lowest BCUT2D eigenvalue weighted by Crippen LogP contribution is -2.36. The van der Waals surface area contributed by atoms with Crippen LogP contribution in [0.15, 0.2) is 99.1 Å². The van der Waals surface area contributed by atoms with E-state index in [2.05, 4.69) is 0 Å². The fraction of sp³-hybridized carbons (Fsp3) is 0.161. The topological polar surface area (TPSA) is 120 Å². The third kappa shape index (κ3) is 4.71. The number of aromatic nitrogens is 3. The van der Waals surface area contributed by atoms with Crippen molar-refractivity contribution in [1.82, 2.24) is 14.0 Å². The molecule has 0 aliphatic carbocycles. The molecule has 5 aromatic rings. The zero-order chi connectivity index (χ0) is 30.4. The van der Waals surface area contributed by atoms with Crippen LogP contribution in [0.5, 0.6) is 0 Å². The van der Waals surface area contributed by atoms with E-state index in [4.69, 9.17) is 10.1 Å². The number of rotatable bonds is 6. The van der Waals surface area contributed by atoms with Crippen molar-refractivity contribution in [2.45, 2.75) is 26.8 Å². The van der Waals surface area contributed by atoms with E-state index < -0.39 is 4.92 Å². The zero-order valence-corrected chi connectivity index (χ0v) is 24.6. The molecule has 11 nitrogen and oxygen atoms in total. The number of hydrogen-bond acceptors (Lipinski definition) is 7. The summed E-state index contributed by atoms with van der Waals surface area (Å²) in [5.41, 5.74) is 4.12. The van der Waals surface area contributed by atoms with Crippen LogP contribution in [-0.4, -0.2) is 36.6 Å². The van der Waals surface area contributed by atoms with Crippen LogP contribution in [0.25, 0.3) is 16.9 Å². The Balaban J connectivity index is 1.60. The van der Waals surface area contributed by atoms with E-state index in [1.165, 1.54) is 23.5 Å². The lowest BCUT2D eigenvalue weighted by atomic mass is 10.1. The number of anilines is 1. The number of nitro benzene ring substituents is 1. The molecule has 216 valence electrons. The molecule has 43 heavy (non-hydrogen) atoms. The first-order chi connectivity index (χ1) is 20.7. The second-order valence-corrected chi connectivity index (χ2v) is 11.1. The second-order valence-electron chi connectivity index (χ2n) is 10.3. The maximum atomic E-state index is 13.7. The first kappa shape index (κ1) is 27.8. The van der Waals surface area contributed by atoms with Gasteiger partial charge in [-0.2, -0.15) is 5.10 Å². The number of amides is 1. The van der Waals surface area contributed by atoms with Gasteiger partial charge in [0.05, 0.1) is 27.7 Å². The Morgan fingerprint density at radius 2 is 1.60 bits per heavy atom. The normalized spacial score (nSPS) is 14.3. The number of non-ortho nitro benzene ring substituents is 1. The Labute approximate surface area is 250 Å². The number of thiazole rings is 1. The van der Waals surface area contributed by atoms with Gasteiger partial charge in [-0.05, 0) is 51.1 Å². The molecule has 0 unspecified atom stereocenters. The SMILES string of the molecule is Cc1c(N=c2scc(-c3ccc([N+](=O)[O-])cc3)n2N=C2C(=O)N(C(C)C)c3ccccc32)c(=O)n(-c2ccccc2)n1C. The van der Waals surface area contributed by atoms with E-state index in [9.17, 15) is 19.7 Å². The average molecular weight is 594 g/mol. The summed E-state index contributed by atoms with van der Waals surface area (Å²) < 4.78 is 4.83. The molecule has 1 aliphatic rings. The van der Waals surface area contributed by atoms with Gasteiger partial charge in [-0.25, -0.2) is 14.4 Å². The number of hydrogen-bond donors (Lipinski definition) is 0. The van der Waals surface area contributed by atoms with Crippen LogP contribution in [0, 0.1) is 17.0 Å². The smallest absolute Gasteiger partial charge is 0.297 e. The molecule has 0 fully saturated rings. The fourth-order valence-corrected chi connectivity index (χ4v) is 5.97. The highest BCUT2D eigenvalue weighted by molar-refractivity contribution is 7.07. The van der Waals surface area contributed by atoms with Gasteiger partial charge in [-0.3, -0.25) is 24.4 Å². The van der Waals surface area contributed by atoms with Gasteiger partial charge in [0.1, 0.15) is 0 Å². The minimum absolute atomic E-state index is 0.0457. The number of carbonyl (C=O) groups is 1. The molecule has 0 radical (unpaired) electrons. The van der Waals surface area contributed by atoms with Crippen molar-refractivity contribution in [2.24, 2.45) is 17.1 Å². The molecule has 0 spiro atoms. The van der Waals surface area contributed by atoms with Crippen LogP contribution < -0.4 is 15.3 Å². The molecular weight excluding hydrogens is 566 g/mol. The maximum absolute atomic E-state index is 13.7. The van der Waals surface area contributed by atoms with Crippen molar-refractivity contribution in [1.29, 1.82) is 0 Å². The number of carbonyl (C=O) groups excluding carboxylic acids is 1. The summed E-state index contributed by atoms with van der Waals surface area (Å²) >= 11 is 1.25. The van der Waals surface area contributed by atoms with Gasteiger partial charge >= 0.3 is 0 Å². The summed E-state index contributed by atoms with van der Waals surface area (Å²) in [6.07, 6.45) is 0. The van der Waals surface area contributed by atoms with E-state index in [0.717, 1.165) is 5.69 Å². The van der Waals surface area contributed by atoms with E-state index >= 15 is 0 Å². The molecule has 1 amide bonds. The van der Waals surface area contributed by atoms with Gasteiger partial charge in [0.2, 0.25) is 4.80 Å². The van der Waals surface area contributed by atoms with Crippen molar-refractivity contribution in [2.75, 3.05) is 4.90 Å². The van der Waals surface area contributed by atoms with E-state index in [1.54, 1.807) is 38.1 Å². The molecule has 2 aromatic heterocycles. The Morgan fingerprint density at radius 3 is 2.28 bits per heavy atom. The first-order valence-electron chi connectivity index (χ1n) is 13.5. The Bertz CT molecular complexity index is 2050. The monoisotopic (exact) mass is 593 g/mol. The highest BCUT2D eigenvalue weighted by Crippen LogP contribution is 2.32. The van der Waals surface area contributed by atoms with Gasteiger partial charge < -0.3 is 4.90 Å². The minimum Gasteiger partial charge on any atom is -0.304 e. The largest absolute Gasteiger partial charge is 0.304 e. The van der Waals surface area contributed by atoms with E-state index in [0.29, 0.717) is 33.0 Å². The number of nitrogens with zero attached hydrogens (tertiary/aromatic N) is 7. The summed E-state index contributed by atoms with van der Waals surface area (Å²) in [6.45, 7) is 5.70. The Kier molecular flexibility index (Phi) is 6.98. The Morgan fingerprint density at radius 1 is 0.930 bits per heavy atom. The molecule has 1 aliphatic heterocycles. The Hall–Kier alpha value is -5.36. The first-order valence-corrected chi connectivity index (χ1v) is 14.4. The fourth-order valence-electron chi connectivity index (χ4n) is 5.14. The highest BCUT2D eigenvalue weighted by Gasteiger charge is 2.36. The molecule has 6 rings (SSSR count). The van der Waals surface area contributed by atoms with Crippen molar-refractivity contribution < 1.29 is 9.72 Å². The van der Waals surface area contributed by atoms with Crippen LogP contribution in [-0.2, 0) is 11.8 Å². The van der Waals surface area contributed by atoms with Gasteiger partial charge in [0, 0.05) is 41.7 Å². The molecule has 0 N–H and O–H groups in total. The summed E-state index contributed by atoms with van der Waals surface area (Å²) in [7, 11) is 1.79.